The smallest absolute Gasteiger partial charge is 0.406 e. The average Bonchev–Trinajstić information content (AvgIpc) is 3.76. The minimum absolute atomic E-state index is 0.0184. The number of likely N-dealkylation sites (N-methyl/N-ethyl adjacent to an activating group) is 2. The second-order valence-electron chi connectivity index (χ2n) is 18.7. The number of nitrogens with two attached hydrogens (primary N) is 1. The summed E-state index contributed by atoms with van der Waals surface area (Å²) in [6.07, 6.45) is 10.3. The van der Waals surface area contributed by atoms with Crippen molar-refractivity contribution in [2.24, 2.45) is 0 Å². The van der Waals surface area contributed by atoms with Crippen LogP contribution in [0.15, 0.2) is 73.1 Å². The predicted molar refractivity (Wildman–Crippen MR) is 296 cm³/mol. The number of amides is 2. The van der Waals surface area contributed by atoms with Gasteiger partial charge in [-0.25, -0.2) is 0 Å². The van der Waals surface area contributed by atoms with Gasteiger partial charge in [-0.3, -0.25) is 19.6 Å². The van der Waals surface area contributed by atoms with Crippen molar-refractivity contribution in [2.75, 3.05) is 83.5 Å². The Kier molecular flexibility index (Phi) is 27.0. The van der Waals surface area contributed by atoms with Crippen molar-refractivity contribution >= 4 is 46.1 Å². The van der Waals surface area contributed by atoms with E-state index >= 15 is 0 Å². The lowest BCUT2D eigenvalue weighted by atomic mass is 10.0. The molecule has 2 aromatic heterocycles. The van der Waals surface area contributed by atoms with E-state index in [4.69, 9.17) is 15.2 Å². The van der Waals surface area contributed by atoms with Crippen molar-refractivity contribution in [1.82, 2.24) is 35.4 Å². The van der Waals surface area contributed by atoms with Gasteiger partial charge in [-0.05, 0) is 113 Å². The third kappa shape index (κ3) is 21.4. The van der Waals surface area contributed by atoms with E-state index in [1.54, 1.807) is 61.9 Å². The number of benzene rings is 3. The Labute approximate surface area is 446 Å². The maximum absolute atomic E-state index is 13.4. The Balaban J connectivity index is 0.00000113. The maximum Gasteiger partial charge on any atom is 0.406 e. The number of halogens is 3. The molecule has 1 unspecified atom stereocenters. The number of hydrogen-bond acceptors (Lipinski definition) is 13. The quantitative estimate of drug-likeness (QED) is 0.0141. The number of rotatable bonds is 25. The van der Waals surface area contributed by atoms with E-state index in [2.05, 4.69) is 68.9 Å². The number of hydrogen-bond donors (Lipinski definition) is 6. The van der Waals surface area contributed by atoms with Crippen LogP contribution in [0.1, 0.15) is 111 Å². The third-order valence-electron chi connectivity index (χ3n) is 12.3. The van der Waals surface area contributed by atoms with Gasteiger partial charge in [-0.2, -0.15) is 13.2 Å². The van der Waals surface area contributed by atoms with E-state index in [1.165, 1.54) is 45.9 Å². The van der Waals surface area contributed by atoms with Gasteiger partial charge in [-0.1, -0.05) is 64.0 Å². The minimum atomic E-state index is -4.44. The van der Waals surface area contributed by atoms with Gasteiger partial charge in [-0.15, -0.1) is 0 Å². The fourth-order valence-corrected chi connectivity index (χ4v) is 8.19. The average molecular weight is 1060 g/mol. The number of fused-ring (bicyclic) bond motifs is 1. The zero-order chi connectivity index (χ0) is 55.3. The molecule has 0 aliphatic carbocycles. The Morgan fingerprint density at radius 1 is 0.961 bits per heavy atom. The molecule has 7 N–H and O–H groups in total. The summed E-state index contributed by atoms with van der Waals surface area (Å²) in [5, 5.41) is 22.1. The van der Waals surface area contributed by atoms with Crippen LogP contribution in [-0.4, -0.2) is 122 Å². The summed E-state index contributed by atoms with van der Waals surface area (Å²) in [6, 6.07) is 16.8. The lowest BCUT2D eigenvalue weighted by Gasteiger charge is -2.23. The van der Waals surface area contributed by atoms with Crippen LogP contribution in [0, 0.1) is 11.8 Å². The molecule has 0 saturated carbocycles. The van der Waals surface area contributed by atoms with Gasteiger partial charge in [0.25, 0.3) is 5.91 Å². The molecular formula is C57H79F3N10O6. The largest absolute Gasteiger partial charge is 0.495 e. The number of carbonyl (C=O) groups excluding carboxylic acids is 3. The van der Waals surface area contributed by atoms with Crippen molar-refractivity contribution < 1.29 is 42.1 Å². The first kappa shape index (κ1) is 61.7. The summed E-state index contributed by atoms with van der Waals surface area (Å²) in [4.78, 5) is 49.6. The van der Waals surface area contributed by atoms with Crippen LogP contribution in [0.25, 0.3) is 10.9 Å². The lowest BCUT2D eigenvalue weighted by Crippen LogP contribution is -2.32. The Morgan fingerprint density at radius 2 is 1.68 bits per heavy atom. The summed E-state index contributed by atoms with van der Waals surface area (Å²) in [6.45, 7) is 6.91. The third-order valence-corrected chi connectivity index (χ3v) is 12.3. The number of unbranched alkanes of at least 4 members (excludes halogenated alkanes) is 4. The molecule has 1 fully saturated rings. The SMILES string of the molecule is CCC.CN1CCCCC1.CNC(CO)Cc1ccc(OCc2cnc(CNC(=O)CCCCCCCNC(=O)c3ccc(NCC#Cc4cc5c(N)cccc5n4CC(F)(F)F)c(OC)c3)cn2)cc1N(C)CC=O. The van der Waals surface area contributed by atoms with Crippen LogP contribution < -0.4 is 41.4 Å². The molecule has 1 atom stereocenters. The first-order valence-electron chi connectivity index (χ1n) is 26.2. The monoisotopic (exact) mass is 1060 g/mol. The van der Waals surface area contributed by atoms with Gasteiger partial charge in [0.2, 0.25) is 5.91 Å². The van der Waals surface area contributed by atoms with E-state index in [0.29, 0.717) is 70.1 Å². The van der Waals surface area contributed by atoms with E-state index < -0.39 is 12.7 Å². The van der Waals surface area contributed by atoms with E-state index in [-0.39, 0.29) is 56.4 Å². The van der Waals surface area contributed by atoms with Crippen molar-refractivity contribution in [3.63, 3.8) is 0 Å². The number of anilines is 3. The van der Waals surface area contributed by atoms with Crippen LogP contribution in [0.2, 0.25) is 0 Å². The number of aliphatic hydroxyl groups excluding tert-OH is 1. The molecule has 414 valence electrons. The first-order valence-corrected chi connectivity index (χ1v) is 26.2. The Morgan fingerprint density at radius 3 is 2.34 bits per heavy atom. The number of alkyl halides is 3. The van der Waals surface area contributed by atoms with Gasteiger partial charge >= 0.3 is 6.18 Å². The van der Waals surface area contributed by atoms with Crippen molar-refractivity contribution in [3.05, 3.63) is 101 Å². The molecule has 0 spiro atoms. The fraction of sp³-hybridized carbons (Fsp3) is 0.491. The topological polar surface area (TPSA) is 201 Å². The molecule has 5 aromatic rings. The molecule has 76 heavy (non-hydrogen) atoms. The highest BCUT2D eigenvalue weighted by atomic mass is 19.4. The highest BCUT2D eigenvalue weighted by molar-refractivity contribution is 5.95. The number of aliphatic hydroxyl groups is 1. The highest BCUT2D eigenvalue weighted by Gasteiger charge is 2.30. The Hall–Kier alpha value is -6.88. The molecule has 6 rings (SSSR count). The van der Waals surface area contributed by atoms with Crippen molar-refractivity contribution in [1.29, 1.82) is 0 Å². The van der Waals surface area contributed by atoms with Crippen LogP contribution in [0.3, 0.4) is 0 Å². The zero-order valence-corrected chi connectivity index (χ0v) is 45.2. The minimum Gasteiger partial charge on any atom is -0.495 e. The van der Waals surface area contributed by atoms with Crippen molar-refractivity contribution in [3.8, 4) is 23.3 Å². The molecule has 19 heteroatoms. The predicted octanol–water partition coefficient (Wildman–Crippen LogP) is 8.29. The number of nitrogen functional groups attached to an aromatic ring is 1. The first-order chi connectivity index (χ1) is 36.6. The second kappa shape index (κ2) is 33.2. The van der Waals surface area contributed by atoms with E-state index in [1.807, 2.05) is 30.1 Å². The molecule has 1 saturated heterocycles. The molecule has 1 aliphatic heterocycles. The normalized spacial score (nSPS) is 12.7. The van der Waals surface area contributed by atoms with Gasteiger partial charge in [0.1, 0.15) is 30.9 Å². The highest BCUT2D eigenvalue weighted by Crippen LogP contribution is 2.30. The summed E-state index contributed by atoms with van der Waals surface area (Å²) in [5.74, 6) is 6.38. The molecule has 2 amide bonds. The van der Waals surface area contributed by atoms with Crippen LogP contribution >= 0.6 is 0 Å². The van der Waals surface area contributed by atoms with E-state index in [9.17, 15) is 32.7 Å². The van der Waals surface area contributed by atoms with Crippen LogP contribution in [0.5, 0.6) is 11.5 Å². The molecule has 16 nitrogen and oxygen atoms in total. The molecular weight excluding hydrogens is 978 g/mol. The second-order valence-corrected chi connectivity index (χ2v) is 18.7. The number of aromatic nitrogens is 3. The summed E-state index contributed by atoms with van der Waals surface area (Å²) >= 11 is 0. The molecule has 0 bridgehead atoms. The van der Waals surface area contributed by atoms with E-state index in [0.717, 1.165) is 54.2 Å². The van der Waals surface area contributed by atoms with Gasteiger partial charge in [0, 0.05) is 54.4 Å². The molecule has 1 aliphatic rings. The number of carbonyl (C=O) groups is 3. The Bertz CT molecular complexity index is 2610. The van der Waals surface area contributed by atoms with Gasteiger partial charge < -0.3 is 60.7 Å². The molecule has 0 radical (unpaired) electrons. The van der Waals surface area contributed by atoms with Crippen molar-refractivity contribution in [2.45, 2.75) is 116 Å². The molecule has 3 aromatic carbocycles. The number of nitrogens with zero attached hydrogens (tertiary/aromatic N) is 5. The summed E-state index contributed by atoms with van der Waals surface area (Å²) in [5.41, 5.74) is 10.9. The standard InChI is InChI=1S/C48H58F3N9O6.C6H13N.C3H8/c1-53-35(30-62)23-33-15-17-39(26-44(33)59(2)21-22-61)66-31-37-29-56-36(27-57-37)28-58-46(63)14-7-5-4-6-8-19-55-47(64)34-16-18-42(45(24-34)65-3)54-20-10-11-38-25-40-41(52)12-9-13-43(40)60(38)32-48(49,50)51;1-7-5-3-2-4-6-7;1-3-2/h9,12-13,15-18,22,24-27,29,35,53-54,62H,4-8,14,19-21,23,28,30-32,52H2,1-3H3,(H,55,64)(H,58,63);2-6H2,1H3;3H2,1-2H3. The zero-order valence-electron chi connectivity index (χ0n) is 45.2. The number of methoxy groups -OCH3 is 1. The number of piperidine rings is 1. The number of nitrogens with one attached hydrogen (secondary N) is 4. The number of likely N-dealkylation sites (tertiary alicyclic amines) is 1. The number of aldehydes is 1. The van der Waals surface area contributed by atoms with Crippen LogP contribution in [-0.2, 0) is 35.7 Å². The fourth-order valence-electron chi connectivity index (χ4n) is 8.19. The van der Waals surface area contributed by atoms with Gasteiger partial charge in [0.05, 0.1) is 74.0 Å². The number of ether oxygens (including phenoxy) is 2. The van der Waals surface area contributed by atoms with Crippen LogP contribution in [0.4, 0.5) is 30.2 Å². The summed E-state index contributed by atoms with van der Waals surface area (Å²) in [7, 11) is 7.28. The van der Waals surface area contributed by atoms with Gasteiger partial charge in [0.15, 0.2) is 0 Å². The maximum atomic E-state index is 13.4. The molecule has 3 heterocycles. The summed E-state index contributed by atoms with van der Waals surface area (Å²) < 4.78 is 52.6. The lowest BCUT2D eigenvalue weighted by molar-refractivity contribution is -0.140.